The number of carbonyl (C=O) groups is 1. The summed E-state index contributed by atoms with van der Waals surface area (Å²) < 4.78 is 16.6. The number of nitrogens with one attached hydrogen (secondary N) is 1. The normalized spacial score (nSPS) is 24.3. The first kappa shape index (κ1) is 14.5. The van der Waals surface area contributed by atoms with Gasteiger partial charge in [-0.15, -0.1) is 0 Å². The van der Waals surface area contributed by atoms with E-state index in [9.17, 15) is 4.79 Å². The Morgan fingerprint density at radius 3 is 2.95 bits per heavy atom. The van der Waals surface area contributed by atoms with Crippen LogP contribution in [0.15, 0.2) is 10.6 Å². The van der Waals surface area contributed by atoms with Crippen LogP contribution in [0.25, 0.3) is 0 Å². The Morgan fingerprint density at radius 2 is 2.24 bits per heavy atom. The maximum Gasteiger partial charge on any atom is 0.227 e. The molecule has 3 heterocycles. The van der Waals surface area contributed by atoms with Crippen molar-refractivity contribution in [1.82, 2.24) is 10.5 Å². The van der Waals surface area contributed by atoms with Gasteiger partial charge in [0, 0.05) is 25.8 Å². The summed E-state index contributed by atoms with van der Waals surface area (Å²) in [6.07, 6.45) is 4.35. The fourth-order valence-electron chi connectivity index (χ4n) is 3.10. The maximum atomic E-state index is 11.9. The predicted molar refractivity (Wildman–Crippen MR) is 74.8 cm³/mol. The van der Waals surface area contributed by atoms with Crippen molar-refractivity contribution in [2.75, 3.05) is 19.8 Å². The van der Waals surface area contributed by atoms with E-state index in [4.69, 9.17) is 14.0 Å². The van der Waals surface area contributed by atoms with Gasteiger partial charge in [-0.25, -0.2) is 0 Å². The Hall–Kier alpha value is -1.40. The molecule has 2 aliphatic heterocycles. The molecule has 1 amide bonds. The Bertz CT molecular complexity index is 494. The van der Waals surface area contributed by atoms with E-state index in [1.807, 2.05) is 6.92 Å². The van der Waals surface area contributed by atoms with E-state index in [-0.39, 0.29) is 24.0 Å². The van der Waals surface area contributed by atoms with Crippen LogP contribution in [0.4, 0.5) is 0 Å². The molecule has 0 aliphatic carbocycles. The average Bonchev–Trinajstić information content (AvgIpc) is 3.05. The molecular weight excluding hydrogens is 272 g/mol. The van der Waals surface area contributed by atoms with Crippen LogP contribution in [0, 0.1) is 6.92 Å². The number of aromatic nitrogens is 1. The average molecular weight is 294 g/mol. The first-order valence-electron chi connectivity index (χ1n) is 7.60. The molecule has 2 aliphatic rings. The van der Waals surface area contributed by atoms with Crippen molar-refractivity contribution in [2.24, 2.45) is 0 Å². The number of carbonyl (C=O) groups excluding carboxylic acids is 1. The zero-order valence-corrected chi connectivity index (χ0v) is 12.4. The van der Waals surface area contributed by atoms with Crippen LogP contribution in [-0.2, 0) is 20.7 Å². The van der Waals surface area contributed by atoms with Gasteiger partial charge in [0.2, 0.25) is 5.91 Å². The van der Waals surface area contributed by atoms with E-state index >= 15 is 0 Å². The zero-order chi connectivity index (χ0) is 14.7. The fraction of sp³-hybridized carbons (Fsp3) is 0.733. The molecule has 2 fully saturated rings. The van der Waals surface area contributed by atoms with Gasteiger partial charge in [-0.3, -0.25) is 4.79 Å². The van der Waals surface area contributed by atoms with Gasteiger partial charge in [-0.2, -0.15) is 0 Å². The molecule has 6 heteroatoms. The third-order valence-corrected chi connectivity index (χ3v) is 4.28. The van der Waals surface area contributed by atoms with Crippen LogP contribution in [-0.4, -0.2) is 42.5 Å². The van der Waals surface area contributed by atoms with Crippen molar-refractivity contribution in [3.63, 3.8) is 0 Å². The number of nitrogens with zero attached hydrogens (tertiary/aromatic N) is 1. The predicted octanol–water partition coefficient (Wildman–Crippen LogP) is 1.37. The molecule has 116 valence electrons. The van der Waals surface area contributed by atoms with E-state index in [0.29, 0.717) is 12.3 Å². The molecule has 6 nitrogen and oxygen atoms in total. The summed E-state index contributed by atoms with van der Waals surface area (Å²) in [6.45, 7) is 3.97. The van der Waals surface area contributed by atoms with Crippen molar-refractivity contribution in [3.05, 3.63) is 17.5 Å². The fourth-order valence-corrected chi connectivity index (χ4v) is 3.10. The lowest BCUT2D eigenvalue weighted by Gasteiger charge is -2.33. The molecule has 0 aromatic carbocycles. The quantitative estimate of drug-likeness (QED) is 0.908. The highest BCUT2D eigenvalue weighted by Crippen LogP contribution is 2.37. The second-order valence-electron chi connectivity index (χ2n) is 5.99. The largest absolute Gasteiger partial charge is 0.381 e. The van der Waals surface area contributed by atoms with Crippen molar-refractivity contribution < 1.29 is 18.8 Å². The van der Waals surface area contributed by atoms with Crippen molar-refractivity contribution >= 4 is 5.91 Å². The summed E-state index contributed by atoms with van der Waals surface area (Å²) in [7, 11) is 0. The van der Waals surface area contributed by atoms with E-state index < -0.39 is 0 Å². The topological polar surface area (TPSA) is 73.6 Å². The van der Waals surface area contributed by atoms with E-state index in [1.54, 1.807) is 6.07 Å². The maximum absolute atomic E-state index is 11.9. The van der Waals surface area contributed by atoms with Crippen molar-refractivity contribution in [3.8, 4) is 0 Å². The number of ether oxygens (including phenoxy) is 2. The summed E-state index contributed by atoms with van der Waals surface area (Å²) >= 11 is 0. The lowest BCUT2D eigenvalue weighted by atomic mass is 9.91. The molecule has 1 aromatic rings. The summed E-state index contributed by atoms with van der Waals surface area (Å²) in [4.78, 5) is 11.9. The highest BCUT2D eigenvalue weighted by Gasteiger charge is 2.41. The molecule has 1 unspecified atom stereocenters. The van der Waals surface area contributed by atoms with Crippen LogP contribution in [0.2, 0.25) is 0 Å². The standard InChI is InChI=1S/C15H22N2O4/c1-11-8-13(21-17-11)9-14(18)16-10-12-2-3-15(20-12)4-6-19-7-5-15/h8,12H,2-7,9-10H2,1H3,(H,16,18). The minimum absolute atomic E-state index is 0.00428. The van der Waals surface area contributed by atoms with Crippen LogP contribution >= 0.6 is 0 Å². The number of hydrogen-bond donors (Lipinski definition) is 1. The molecule has 1 N–H and O–H groups in total. The molecular formula is C15H22N2O4. The van der Waals surface area contributed by atoms with Gasteiger partial charge in [0.1, 0.15) is 5.76 Å². The van der Waals surface area contributed by atoms with Crippen molar-refractivity contribution in [2.45, 2.75) is 50.7 Å². The van der Waals surface area contributed by atoms with E-state index in [1.165, 1.54) is 0 Å². The van der Waals surface area contributed by atoms with Gasteiger partial charge in [-0.05, 0) is 32.6 Å². The second-order valence-corrected chi connectivity index (χ2v) is 5.99. The van der Waals surface area contributed by atoms with Crippen LogP contribution in [0.1, 0.15) is 37.1 Å². The number of aryl methyl sites for hydroxylation is 1. The van der Waals surface area contributed by atoms with Crippen LogP contribution in [0.3, 0.4) is 0 Å². The monoisotopic (exact) mass is 294 g/mol. The molecule has 2 saturated heterocycles. The Kier molecular flexibility index (Phi) is 4.26. The molecule has 1 aromatic heterocycles. The molecule has 1 atom stereocenters. The molecule has 1 spiro atoms. The first-order valence-corrected chi connectivity index (χ1v) is 7.60. The van der Waals surface area contributed by atoms with Gasteiger partial charge >= 0.3 is 0 Å². The van der Waals surface area contributed by atoms with Gasteiger partial charge < -0.3 is 19.3 Å². The summed E-state index contributed by atoms with van der Waals surface area (Å²) in [5.74, 6) is 0.543. The van der Waals surface area contributed by atoms with Gasteiger partial charge in [0.25, 0.3) is 0 Å². The minimum atomic E-state index is -0.0531. The van der Waals surface area contributed by atoms with Crippen LogP contribution in [0.5, 0.6) is 0 Å². The smallest absolute Gasteiger partial charge is 0.227 e. The lowest BCUT2D eigenvalue weighted by molar-refractivity contribution is -0.123. The Balaban J connectivity index is 1.42. The Labute approximate surface area is 124 Å². The lowest BCUT2D eigenvalue weighted by Crippen LogP contribution is -2.39. The van der Waals surface area contributed by atoms with E-state index in [2.05, 4.69) is 10.5 Å². The number of amides is 1. The number of rotatable bonds is 4. The molecule has 0 saturated carbocycles. The molecule has 0 bridgehead atoms. The van der Waals surface area contributed by atoms with Gasteiger partial charge in [-0.1, -0.05) is 5.16 Å². The van der Waals surface area contributed by atoms with Crippen LogP contribution < -0.4 is 5.32 Å². The summed E-state index contributed by atoms with van der Waals surface area (Å²) in [6, 6.07) is 1.78. The molecule has 0 radical (unpaired) electrons. The van der Waals surface area contributed by atoms with Crippen molar-refractivity contribution in [1.29, 1.82) is 0 Å². The van der Waals surface area contributed by atoms with E-state index in [0.717, 1.165) is 44.6 Å². The third kappa shape index (κ3) is 3.63. The first-order chi connectivity index (χ1) is 10.2. The molecule has 3 rings (SSSR count). The summed E-state index contributed by atoms with van der Waals surface area (Å²) in [5, 5.41) is 6.69. The van der Waals surface area contributed by atoms with Gasteiger partial charge in [0.05, 0.1) is 23.8 Å². The third-order valence-electron chi connectivity index (χ3n) is 4.28. The highest BCUT2D eigenvalue weighted by molar-refractivity contribution is 5.77. The molecule has 21 heavy (non-hydrogen) atoms. The van der Waals surface area contributed by atoms with Gasteiger partial charge in [0.15, 0.2) is 0 Å². The summed E-state index contributed by atoms with van der Waals surface area (Å²) in [5.41, 5.74) is 0.786. The number of hydrogen-bond acceptors (Lipinski definition) is 5. The zero-order valence-electron chi connectivity index (χ0n) is 12.4. The Morgan fingerprint density at radius 1 is 1.43 bits per heavy atom. The second kappa shape index (κ2) is 6.15. The highest BCUT2D eigenvalue weighted by atomic mass is 16.5. The minimum Gasteiger partial charge on any atom is -0.381 e. The SMILES string of the molecule is Cc1cc(CC(=O)NCC2CCC3(CCOCC3)O2)on1.